The van der Waals surface area contributed by atoms with E-state index in [4.69, 9.17) is 9.73 Å². The van der Waals surface area contributed by atoms with Crippen LogP contribution in [0.1, 0.15) is 12.0 Å². The molecule has 0 unspecified atom stereocenters. The minimum absolute atomic E-state index is 0.0209. The molecule has 23 heavy (non-hydrogen) atoms. The van der Waals surface area contributed by atoms with Gasteiger partial charge in [-0.3, -0.25) is 14.8 Å². The van der Waals surface area contributed by atoms with Crippen LogP contribution < -0.4 is 9.64 Å². The topological polar surface area (TPSA) is 54.8 Å². The zero-order valence-corrected chi connectivity index (χ0v) is 12.9. The molecule has 0 spiro atoms. The van der Waals surface area contributed by atoms with Crippen molar-refractivity contribution in [3.8, 4) is 5.75 Å². The number of methoxy groups -OCH3 is 1. The number of aromatic nitrogens is 1. The third-order valence-electron chi connectivity index (χ3n) is 3.67. The number of nitrogens with zero attached hydrogens (tertiary/aromatic N) is 3. The number of anilines is 1. The van der Waals surface area contributed by atoms with E-state index in [9.17, 15) is 4.79 Å². The summed E-state index contributed by atoms with van der Waals surface area (Å²) in [5, 5.41) is 0. The third kappa shape index (κ3) is 2.99. The van der Waals surface area contributed by atoms with E-state index in [1.165, 1.54) is 0 Å². The Morgan fingerprint density at radius 2 is 2.09 bits per heavy atom. The minimum Gasteiger partial charge on any atom is -0.497 e. The first-order chi connectivity index (χ1) is 11.2. The van der Waals surface area contributed by atoms with Crippen LogP contribution in [0.2, 0.25) is 0 Å². The largest absolute Gasteiger partial charge is 0.497 e. The molecule has 0 N–H and O–H groups in total. The first-order valence-corrected chi connectivity index (χ1v) is 7.30. The van der Waals surface area contributed by atoms with Gasteiger partial charge in [0.2, 0.25) is 5.91 Å². The lowest BCUT2D eigenvalue weighted by Crippen LogP contribution is -2.31. The van der Waals surface area contributed by atoms with Gasteiger partial charge in [-0.2, -0.15) is 0 Å². The van der Waals surface area contributed by atoms with Crippen LogP contribution in [0.3, 0.4) is 0 Å². The van der Waals surface area contributed by atoms with Gasteiger partial charge >= 0.3 is 0 Å². The van der Waals surface area contributed by atoms with Crippen LogP contribution in [0, 0.1) is 0 Å². The molecule has 0 radical (unpaired) electrons. The smallest absolute Gasteiger partial charge is 0.233 e. The van der Waals surface area contributed by atoms with Gasteiger partial charge in [-0.15, -0.1) is 6.58 Å². The number of rotatable bonds is 4. The molecule has 2 aromatic rings. The highest BCUT2D eigenvalue weighted by atomic mass is 16.5. The maximum atomic E-state index is 12.7. The van der Waals surface area contributed by atoms with Crippen LogP contribution in [0.4, 0.5) is 11.4 Å². The summed E-state index contributed by atoms with van der Waals surface area (Å²) in [6.07, 6.45) is 5.33. The number of pyridine rings is 1. The molecule has 1 amide bonds. The van der Waals surface area contributed by atoms with Crippen LogP contribution in [-0.4, -0.2) is 30.3 Å². The predicted octanol–water partition coefficient (Wildman–Crippen LogP) is 3.13. The maximum Gasteiger partial charge on any atom is 0.233 e. The van der Waals surface area contributed by atoms with Crippen molar-refractivity contribution in [3.63, 3.8) is 0 Å². The first-order valence-electron chi connectivity index (χ1n) is 7.30. The van der Waals surface area contributed by atoms with E-state index >= 15 is 0 Å². The van der Waals surface area contributed by atoms with E-state index in [2.05, 4.69) is 11.6 Å². The highest BCUT2D eigenvalue weighted by Crippen LogP contribution is 2.36. The van der Waals surface area contributed by atoms with Crippen molar-refractivity contribution in [1.29, 1.82) is 0 Å². The molecular formula is C18H17N3O2. The number of amides is 1. The van der Waals surface area contributed by atoms with E-state index < -0.39 is 0 Å². The molecule has 0 bridgehead atoms. The van der Waals surface area contributed by atoms with Gasteiger partial charge in [0.25, 0.3) is 0 Å². The van der Waals surface area contributed by atoms with Crippen molar-refractivity contribution in [1.82, 2.24) is 4.98 Å². The van der Waals surface area contributed by atoms with Crippen LogP contribution in [0.15, 0.2) is 60.4 Å². The van der Waals surface area contributed by atoms with Gasteiger partial charge in [0.15, 0.2) is 0 Å². The van der Waals surface area contributed by atoms with Crippen molar-refractivity contribution in [2.24, 2.45) is 4.99 Å². The van der Waals surface area contributed by atoms with Gasteiger partial charge in [-0.1, -0.05) is 6.08 Å². The zero-order valence-electron chi connectivity index (χ0n) is 12.9. The Kier molecular flexibility index (Phi) is 4.19. The summed E-state index contributed by atoms with van der Waals surface area (Å²) in [7, 11) is 1.60. The fraction of sp³-hybridized carbons (Fsp3) is 0.167. The molecule has 0 atom stereocenters. The fourth-order valence-corrected chi connectivity index (χ4v) is 2.54. The van der Waals surface area contributed by atoms with Gasteiger partial charge in [0.05, 0.1) is 30.6 Å². The Morgan fingerprint density at radius 3 is 2.78 bits per heavy atom. The van der Waals surface area contributed by atoms with E-state index in [0.717, 1.165) is 22.6 Å². The zero-order chi connectivity index (χ0) is 16.2. The first kappa shape index (κ1) is 15.0. The molecule has 1 aliphatic heterocycles. The van der Waals surface area contributed by atoms with Gasteiger partial charge < -0.3 is 9.64 Å². The summed E-state index contributed by atoms with van der Waals surface area (Å²) in [6, 6.07) is 9.26. The molecule has 1 aliphatic rings. The molecular weight excluding hydrogens is 290 g/mol. The molecule has 1 aromatic heterocycles. The fourth-order valence-electron chi connectivity index (χ4n) is 2.54. The van der Waals surface area contributed by atoms with Crippen LogP contribution in [0.25, 0.3) is 0 Å². The van der Waals surface area contributed by atoms with Gasteiger partial charge in [-0.25, -0.2) is 0 Å². The molecule has 5 nitrogen and oxygen atoms in total. The van der Waals surface area contributed by atoms with Crippen LogP contribution in [0.5, 0.6) is 5.75 Å². The molecule has 0 aliphatic carbocycles. The molecule has 116 valence electrons. The number of aliphatic imine (C=N–C) groups is 1. The lowest BCUT2D eigenvalue weighted by Gasteiger charge is -2.21. The summed E-state index contributed by atoms with van der Waals surface area (Å²) in [5.41, 5.74) is 3.11. The summed E-state index contributed by atoms with van der Waals surface area (Å²) in [5.74, 6) is 0.667. The lowest BCUT2D eigenvalue weighted by atomic mass is 10.1. The highest BCUT2D eigenvalue weighted by Gasteiger charge is 2.24. The average Bonchev–Trinajstić information content (AvgIpc) is 2.73. The van der Waals surface area contributed by atoms with E-state index in [1.807, 2.05) is 30.3 Å². The number of hydrogen-bond donors (Lipinski definition) is 0. The van der Waals surface area contributed by atoms with Gasteiger partial charge in [-0.05, 0) is 29.8 Å². The van der Waals surface area contributed by atoms with Crippen molar-refractivity contribution >= 4 is 23.0 Å². The van der Waals surface area contributed by atoms with E-state index in [-0.39, 0.29) is 12.3 Å². The molecule has 3 rings (SSSR count). The molecule has 2 heterocycles. The predicted molar refractivity (Wildman–Crippen MR) is 90.6 cm³/mol. The number of ether oxygens (including phenoxy) is 1. The highest BCUT2D eigenvalue weighted by molar-refractivity contribution is 6.17. The second kappa shape index (κ2) is 6.44. The Morgan fingerprint density at radius 1 is 1.30 bits per heavy atom. The van der Waals surface area contributed by atoms with Crippen molar-refractivity contribution < 1.29 is 9.53 Å². The second-order valence-electron chi connectivity index (χ2n) is 5.12. The molecule has 0 fully saturated rings. The summed E-state index contributed by atoms with van der Waals surface area (Å²) < 4.78 is 5.27. The van der Waals surface area contributed by atoms with Crippen LogP contribution in [-0.2, 0) is 4.79 Å². The molecule has 5 heteroatoms. The quantitative estimate of drug-likeness (QED) is 0.815. The minimum atomic E-state index is -0.0209. The number of fused-ring (bicyclic) bond motifs is 1. The summed E-state index contributed by atoms with van der Waals surface area (Å²) in [6.45, 7) is 4.17. The lowest BCUT2D eigenvalue weighted by molar-refractivity contribution is -0.117. The SMILES string of the molecule is C=CCN1C(=O)CC(c2ccncc2)=Nc2ccc(OC)cc21. The summed E-state index contributed by atoms with van der Waals surface area (Å²) >= 11 is 0. The number of carbonyl (C=O) groups excluding carboxylic acids is 1. The van der Waals surface area contributed by atoms with Crippen molar-refractivity contribution in [3.05, 3.63) is 60.9 Å². The van der Waals surface area contributed by atoms with E-state index in [1.54, 1.807) is 30.5 Å². The normalized spacial score (nSPS) is 13.9. The number of hydrogen-bond acceptors (Lipinski definition) is 4. The van der Waals surface area contributed by atoms with Gasteiger partial charge in [0.1, 0.15) is 5.75 Å². The Labute approximate surface area is 134 Å². The Hall–Kier alpha value is -2.95. The average molecular weight is 307 g/mol. The third-order valence-corrected chi connectivity index (χ3v) is 3.67. The summed E-state index contributed by atoms with van der Waals surface area (Å²) in [4.78, 5) is 23.1. The molecule has 1 aromatic carbocycles. The van der Waals surface area contributed by atoms with E-state index in [0.29, 0.717) is 12.3 Å². The maximum absolute atomic E-state index is 12.7. The standard InChI is InChI=1S/C18H17N3O2/c1-3-10-21-17-11-14(23-2)4-5-15(17)20-16(12-18(21)22)13-6-8-19-9-7-13/h3-9,11H,1,10,12H2,2H3. The Bertz CT molecular complexity index is 769. The molecule has 0 saturated carbocycles. The Balaban J connectivity index is 2.13. The van der Waals surface area contributed by atoms with Crippen LogP contribution >= 0.6 is 0 Å². The number of benzene rings is 1. The van der Waals surface area contributed by atoms with Gasteiger partial charge in [0, 0.05) is 25.0 Å². The second-order valence-corrected chi connectivity index (χ2v) is 5.12. The van der Waals surface area contributed by atoms with Crippen molar-refractivity contribution in [2.45, 2.75) is 6.42 Å². The molecule has 0 saturated heterocycles. The number of carbonyl (C=O) groups is 1. The monoisotopic (exact) mass is 307 g/mol. The van der Waals surface area contributed by atoms with Crippen molar-refractivity contribution in [2.75, 3.05) is 18.6 Å².